The van der Waals surface area contributed by atoms with E-state index >= 15 is 0 Å². The van der Waals surface area contributed by atoms with Gasteiger partial charge >= 0.3 is 7.75 Å². The first-order chi connectivity index (χ1) is 11.6. The maximum Gasteiger partial charge on any atom is 0.513 e. The van der Waals surface area contributed by atoms with Crippen molar-refractivity contribution in [1.82, 2.24) is 5.09 Å². The summed E-state index contributed by atoms with van der Waals surface area (Å²) in [6, 6.07) is 17.9. The van der Waals surface area contributed by atoms with E-state index in [2.05, 4.69) is 5.09 Å². The molecular formula is C18H23N2O3P. The van der Waals surface area contributed by atoms with Crippen LogP contribution in [0.15, 0.2) is 60.7 Å². The van der Waals surface area contributed by atoms with E-state index in [1.54, 1.807) is 24.3 Å². The Hall–Kier alpha value is -1.81. The third kappa shape index (κ3) is 4.60. The average Bonchev–Trinajstić information content (AvgIpc) is 2.58. The molecule has 0 spiro atoms. The zero-order valence-electron chi connectivity index (χ0n) is 13.5. The second kappa shape index (κ2) is 7.84. The number of hydrogen-bond donors (Lipinski definition) is 2. The van der Waals surface area contributed by atoms with Crippen LogP contribution in [0.25, 0.3) is 0 Å². The third-order valence-corrected chi connectivity index (χ3v) is 5.63. The van der Waals surface area contributed by atoms with Gasteiger partial charge in [0.25, 0.3) is 0 Å². The van der Waals surface area contributed by atoms with Crippen LogP contribution in [0.3, 0.4) is 0 Å². The molecule has 1 fully saturated rings. The highest BCUT2D eigenvalue weighted by atomic mass is 31.2. The lowest BCUT2D eigenvalue weighted by molar-refractivity contribution is 0.315. The number of nitrogens with one attached hydrogen (secondary N) is 1. The van der Waals surface area contributed by atoms with Crippen molar-refractivity contribution in [3.05, 3.63) is 60.7 Å². The van der Waals surface area contributed by atoms with Gasteiger partial charge in [-0.05, 0) is 37.1 Å². The molecule has 3 rings (SSSR count). The van der Waals surface area contributed by atoms with Crippen molar-refractivity contribution >= 4 is 7.75 Å². The molecule has 0 radical (unpaired) electrons. The van der Waals surface area contributed by atoms with Gasteiger partial charge in [0.05, 0.1) is 0 Å². The van der Waals surface area contributed by atoms with Crippen LogP contribution in [0.2, 0.25) is 0 Å². The highest BCUT2D eigenvalue weighted by Gasteiger charge is 2.35. The van der Waals surface area contributed by atoms with Gasteiger partial charge in [0.1, 0.15) is 11.5 Å². The number of benzene rings is 2. The van der Waals surface area contributed by atoms with Crippen LogP contribution in [0.4, 0.5) is 0 Å². The SMILES string of the molecule is NC1CCCCC1NP(=O)(Oc1ccccc1)Oc1ccccc1. The lowest BCUT2D eigenvalue weighted by Crippen LogP contribution is -2.46. The molecule has 2 unspecified atom stereocenters. The van der Waals surface area contributed by atoms with Crippen molar-refractivity contribution in [2.75, 3.05) is 0 Å². The first-order valence-electron chi connectivity index (χ1n) is 8.27. The molecule has 3 N–H and O–H groups in total. The van der Waals surface area contributed by atoms with E-state index in [0.29, 0.717) is 11.5 Å². The summed E-state index contributed by atoms with van der Waals surface area (Å²) in [5.41, 5.74) is 6.18. The van der Waals surface area contributed by atoms with Crippen molar-refractivity contribution in [3.8, 4) is 11.5 Å². The summed E-state index contributed by atoms with van der Waals surface area (Å²) in [6.45, 7) is 0. The standard InChI is InChI=1S/C18H23N2O3P/c19-17-13-7-8-14-18(17)20-24(21,22-15-9-3-1-4-10-15)23-16-11-5-2-6-12-16/h1-6,9-12,17-18H,7-8,13-14,19H2,(H,20,21). The Kier molecular flexibility index (Phi) is 5.56. The van der Waals surface area contributed by atoms with Gasteiger partial charge in [0.2, 0.25) is 0 Å². The smallest absolute Gasteiger partial charge is 0.405 e. The summed E-state index contributed by atoms with van der Waals surface area (Å²) in [6.07, 6.45) is 3.93. The van der Waals surface area contributed by atoms with Crippen molar-refractivity contribution < 1.29 is 13.6 Å². The summed E-state index contributed by atoms with van der Waals surface area (Å²) >= 11 is 0. The van der Waals surface area contributed by atoms with Crippen LogP contribution in [-0.2, 0) is 4.57 Å². The van der Waals surface area contributed by atoms with E-state index in [9.17, 15) is 4.57 Å². The topological polar surface area (TPSA) is 73.6 Å². The molecule has 2 aromatic rings. The molecule has 2 aromatic carbocycles. The third-order valence-electron chi connectivity index (χ3n) is 4.08. The first-order valence-corrected chi connectivity index (χ1v) is 9.82. The average molecular weight is 346 g/mol. The summed E-state index contributed by atoms with van der Waals surface area (Å²) < 4.78 is 24.8. The Labute approximate surface area is 142 Å². The molecule has 6 heteroatoms. The van der Waals surface area contributed by atoms with Crippen LogP contribution in [0, 0.1) is 0 Å². The summed E-state index contributed by atoms with van der Waals surface area (Å²) in [7, 11) is -3.60. The van der Waals surface area contributed by atoms with Gasteiger partial charge in [0.15, 0.2) is 0 Å². The van der Waals surface area contributed by atoms with Gasteiger partial charge in [-0.25, -0.2) is 4.57 Å². The fourth-order valence-electron chi connectivity index (χ4n) is 2.83. The molecule has 1 aliphatic rings. The maximum atomic E-state index is 13.4. The van der Waals surface area contributed by atoms with Gasteiger partial charge in [0, 0.05) is 12.1 Å². The second-order valence-electron chi connectivity index (χ2n) is 5.99. The lowest BCUT2D eigenvalue weighted by atomic mass is 9.92. The molecule has 0 aliphatic heterocycles. The molecular weight excluding hydrogens is 323 g/mol. The maximum absolute atomic E-state index is 13.4. The predicted molar refractivity (Wildman–Crippen MR) is 95.1 cm³/mol. The Morgan fingerprint density at radius 1 is 0.875 bits per heavy atom. The van der Waals surface area contributed by atoms with Crippen LogP contribution in [0.5, 0.6) is 11.5 Å². The van der Waals surface area contributed by atoms with Gasteiger partial charge in [-0.2, -0.15) is 5.09 Å². The van der Waals surface area contributed by atoms with E-state index in [4.69, 9.17) is 14.8 Å². The van der Waals surface area contributed by atoms with Crippen molar-refractivity contribution in [3.63, 3.8) is 0 Å². The van der Waals surface area contributed by atoms with E-state index in [0.717, 1.165) is 25.7 Å². The van der Waals surface area contributed by atoms with E-state index in [-0.39, 0.29) is 12.1 Å². The normalized spacial score (nSPS) is 21.2. The molecule has 128 valence electrons. The van der Waals surface area contributed by atoms with Crippen molar-refractivity contribution in [1.29, 1.82) is 0 Å². The van der Waals surface area contributed by atoms with Crippen LogP contribution in [0.1, 0.15) is 25.7 Å². The molecule has 0 aromatic heterocycles. The quantitative estimate of drug-likeness (QED) is 0.770. The summed E-state index contributed by atoms with van der Waals surface area (Å²) in [5.74, 6) is 0.988. The minimum atomic E-state index is -3.60. The number of hydrogen-bond acceptors (Lipinski definition) is 4. The van der Waals surface area contributed by atoms with Gasteiger partial charge in [-0.15, -0.1) is 0 Å². The number of rotatable bonds is 6. The minimum absolute atomic E-state index is 0.0502. The molecule has 0 saturated heterocycles. The summed E-state index contributed by atoms with van der Waals surface area (Å²) in [4.78, 5) is 0. The molecule has 0 bridgehead atoms. The van der Waals surface area contributed by atoms with E-state index < -0.39 is 7.75 Å². The first kappa shape index (κ1) is 17.0. The molecule has 1 saturated carbocycles. The van der Waals surface area contributed by atoms with E-state index in [1.165, 1.54) is 0 Å². The number of nitrogens with two attached hydrogens (primary N) is 1. The Balaban J connectivity index is 1.80. The molecule has 2 atom stereocenters. The Morgan fingerprint density at radius 3 is 1.88 bits per heavy atom. The monoisotopic (exact) mass is 346 g/mol. The number of para-hydroxylation sites is 2. The second-order valence-corrected chi connectivity index (χ2v) is 7.61. The molecule has 1 aliphatic carbocycles. The fourth-order valence-corrected chi connectivity index (χ4v) is 4.50. The molecule has 5 nitrogen and oxygen atoms in total. The lowest BCUT2D eigenvalue weighted by Gasteiger charge is -2.32. The Bertz CT molecular complexity index is 636. The zero-order chi connectivity index (χ0) is 16.8. The minimum Gasteiger partial charge on any atom is -0.405 e. The highest BCUT2D eigenvalue weighted by molar-refractivity contribution is 7.52. The van der Waals surface area contributed by atoms with Crippen molar-refractivity contribution in [2.24, 2.45) is 5.73 Å². The molecule has 0 heterocycles. The van der Waals surface area contributed by atoms with Gasteiger partial charge in [-0.3, -0.25) is 0 Å². The Morgan fingerprint density at radius 2 is 1.38 bits per heavy atom. The largest absolute Gasteiger partial charge is 0.513 e. The van der Waals surface area contributed by atoms with Crippen LogP contribution < -0.4 is 19.9 Å². The zero-order valence-corrected chi connectivity index (χ0v) is 14.4. The molecule has 24 heavy (non-hydrogen) atoms. The molecule has 0 amide bonds. The fraction of sp³-hybridized carbons (Fsp3) is 0.333. The van der Waals surface area contributed by atoms with Gasteiger partial charge < -0.3 is 14.8 Å². The highest BCUT2D eigenvalue weighted by Crippen LogP contribution is 2.46. The van der Waals surface area contributed by atoms with E-state index in [1.807, 2.05) is 36.4 Å². The van der Waals surface area contributed by atoms with Gasteiger partial charge in [-0.1, -0.05) is 49.2 Å². The van der Waals surface area contributed by atoms with Crippen LogP contribution in [-0.4, -0.2) is 12.1 Å². The van der Waals surface area contributed by atoms with Crippen molar-refractivity contribution in [2.45, 2.75) is 37.8 Å². The predicted octanol–water partition coefficient (Wildman–Crippen LogP) is 4.11. The van der Waals surface area contributed by atoms with Crippen LogP contribution >= 0.6 is 7.75 Å². The summed E-state index contributed by atoms with van der Waals surface area (Å²) in [5, 5.41) is 3.07.